The number of halogens is 1. The topological polar surface area (TPSA) is 29.9 Å². The van der Waals surface area contributed by atoms with Gasteiger partial charge in [0.1, 0.15) is 0 Å². The Labute approximate surface area is 133 Å². The van der Waals surface area contributed by atoms with Crippen LogP contribution in [0.15, 0.2) is 22.0 Å². The van der Waals surface area contributed by atoms with E-state index >= 15 is 0 Å². The van der Waals surface area contributed by atoms with Crippen LogP contribution in [-0.4, -0.2) is 16.3 Å². The Morgan fingerprint density at radius 1 is 1.40 bits per heavy atom. The van der Waals surface area contributed by atoms with Crippen LogP contribution in [-0.2, 0) is 13.0 Å². The van der Waals surface area contributed by atoms with Crippen molar-refractivity contribution in [2.75, 3.05) is 6.54 Å². The molecule has 0 aliphatic heterocycles. The third-order valence-electron chi connectivity index (χ3n) is 3.28. The summed E-state index contributed by atoms with van der Waals surface area (Å²) in [5.41, 5.74) is 2.41. The van der Waals surface area contributed by atoms with Crippen LogP contribution in [0.1, 0.15) is 42.6 Å². The van der Waals surface area contributed by atoms with Crippen LogP contribution in [0.2, 0.25) is 0 Å². The van der Waals surface area contributed by atoms with Crippen LogP contribution in [0.3, 0.4) is 0 Å². The molecule has 20 heavy (non-hydrogen) atoms. The van der Waals surface area contributed by atoms with Crippen molar-refractivity contribution in [1.29, 1.82) is 0 Å². The second-order valence-corrected chi connectivity index (χ2v) is 7.44. The third kappa shape index (κ3) is 3.93. The van der Waals surface area contributed by atoms with Crippen LogP contribution in [0.5, 0.6) is 0 Å². The molecule has 3 nitrogen and oxygen atoms in total. The second kappa shape index (κ2) is 7.38. The summed E-state index contributed by atoms with van der Waals surface area (Å²) in [5.74, 6) is 0. The molecule has 0 bridgehead atoms. The van der Waals surface area contributed by atoms with Crippen molar-refractivity contribution in [1.82, 2.24) is 15.1 Å². The number of thiophene rings is 1. The number of nitrogens with one attached hydrogen (secondary N) is 1. The van der Waals surface area contributed by atoms with E-state index in [4.69, 9.17) is 0 Å². The van der Waals surface area contributed by atoms with E-state index in [9.17, 15) is 0 Å². The highest BCUT2D eigenvalue weighted by atomic mass is 79.9. The van der Waals surface area contributed by atoms with E-state index in [0.717, 1.165) is 31.6 Å². The zero-order chi connectivity index (χ0) is 14.5. The summed E-state index contributed by atoms with van der Waals surface area (Å²) < 4.78 is 3.30. The fourth-order valence-corrected chi connectivity index (χ4v) is 3.85. The SMILES string of the molecule is CCCNC(Cc1cc(C)nn1CC)c1ccc(Br)s1. The first-order valence-electron chi connectivity index (χ1n) is 7.16. The molecule has 1 atom stereocenters. The molecule has 0 saturated carbocycles. The van der Waals surface area contributed by atoms with Crippen LogP contribution in [0.25, 0.3) is 0 Å². The van der Waals surface area contributed by atoms with E-state index in [1.54, 1.807) is 0 Å². The molecule has 0 aliphatic carbocycles. The summed E-state index contributed by atoms with van der Waals surface area (Å²) in [6, 6.07) is 6.91. The lowest BCUT2D eigenvalue weighted by Crippen LogP contribution is -2.24. The zero-order valence-electron chi connectivity index (χ0n) is 12.3. The van der Waals surface area contributed by atoms with Crippen molar-refractivity contribution >= 4 is 27.3 Å². The zero-order valence-corrected chi connectivity index (χ0v) is 14.7. The smallest absolute Gasteiger partial charge is 0.0701 e. The standard InChI is InChI=1S/C15H22BrN3S/c1-4-8-17-13(14-6-7-15(16)20-14)10-12-9-11(3)18-19(12)5-2/h6-7,9,13,17H,4-5,8,10H2,1-3H3. The average molecular weight is 356 g/mol. The Hall–Kier alpha value is -0.650. The molecule has 5 heteroatoms. The van der Waals surface area contributed by atoms with Gasteiger partial charge < -0.3 is 5.32 Å². The van der Waals surface area contributed by atoms with Gasteiger partial charge in [-0.1, -0.05) is 6.92 Å². The van der Waals surface area contributed by atoms with Gasteiger partial charge in [0.15, 0.2) is 0 Å². The minimum atomic E-state index is 0.368. The first-order chi connectivity index (χ1) is 9.63. The van der Waals surface area contributed by atoms with Gasteiger partial charge >= 0.3 is 0 Å². The first kappa shape index (κ1) is 15.7. The molecule has 110 valence electrons. The Morgan fingerprint density at radius 3 is 2.80 bits per heavy atom. The summed E-state index contributed by atoms with van der Waals surface area (Å²) >= 11 is 5.37. The van der Waals surface area contributed by atoms with Gasteiger partial charge in [0.25, 0.3) is 0 Å². The summed E-state index contributed by atoms with van der Waals surface area (Å²) in [6.45, 7) is 8.38. The molecule has 0 radical (unpaired) electrons. The molecule has 2 aromatic heterocycles. The first-order valence-corrected chi connectivity index (χ1v) is 8.77. The maximum Gasteiger partial charge on any atom is 0.0701 e. The van der Waals surface area contributed by atoms with Crippen molar-refractivity contribution < 1.29 is 0 Å². The molecule has 1 unspecified atom stereocenters. The van der Waals surface area contributed by atoms with Gasteiger partial charge in [-0.3, -0.25) is 4.68 Å². The van der Waals surface area contributed by atoms with E-state index in [1.165, 1.54) is 14.4 Å². The third-order valence-corrected chi connectivity index (χ3v) is 5.01. The van der Waals surface area contributed by atoms with Crippen molar-refractivity contribution in [3.63, 3.8) is 0 Å². The predicted molar refractivity (Wildman–Crippen MR) is 89.4 cm³/mol. The molecule has 1 N–H and O–H groups in total. The predicted octanol–water partition coefficient (Wildman–Crippen LogP) is 4.32. The van der Waals surface area contributed by atoms with Crippen molar-refractivity contribution in [3.05, 3.63) is 38.3 Å². The Morgan fingerprint density at radius 2 is 2.20 bits per heavy atom. The van der Waals surface area contributed by atoms with Gasteiger partial charge in [0.2, 0.25) is 0 Å². The lowest BCUT2D eigenvalue weighted by Gasteiger charge is -2.17. The minimum absolute atomic E-state index is 0.368. The van der Waals surface area contributed by atoms with E-state index < -0.39 is 0 Å². The second-order valence-electron chi connectivity index (χ2n) is 4.95. The maximum absolute atomic E-state index is 4.54. The molecule has 2 aromatic rings. The van der Waals surface area contributed by atoms with Crippen LogP contribution in [0, 0.1) is 6.92 Å². The molecule has 0 aromatic carbocycles. The average Bonchev–Trinajstić information content (AvgIpc) is 3.00. The van der Waals surface area contributed by atoms with Crippen LogP contribution >= 0.6 is 27.3 Å². The quantitative estimate of drug-likeness (QED) is 0.801. The van der Waals surface area contributed by atoms with Gasteiger partial charge in [-0.25, -0.2) is 0 Å². The molecule has 0 saturated heterocycles. The molecule has 0 amide bonds. The fourth-order valence-electron chi connectivity index (χ4n) is 2.35. The number of nitrogens with zero attached hydrogens (tertiary/aromatic N) is 2. The maximum atomic E-state index is 4.54. The Kier molecular flexibility index (Phi) is 5.81. The van der Waals surface area contributed by atoms with E-state index in [1.807, 2.05) is 11.3 Å². The summed E-state index contributed by atoms with van der Waals surface area (Å²) in [5, 5.41) is 8.20. The molecule has 2 heterocycles. The van der Waals surface area contributed by atoms with E-state index in [0.29, 0.717) is 6.04 Å². The van der Waals surface area contributed by atoms with Gasteiger partial charge in [0.05, 0.1) is 9.48 Å². The number of hydrogen-bond acceptors (Lipinski definition) is 3. The Balaban J connectivity index is 2.18. The summed E-state index contributed by atoms with van der Waals surface area (Å²) in [7, 11) is 0. The minimum Gasteiger partial charge on any atom is -0.309 e. The molecular formula is C15H22BrN3S. The van der Waals surface area contributed by atoms with Crippen molar-refractivity contribution in [3.8, 4) is 0 Å². The van der Waals surface area contributed by atoms with Crippen LogP contribution in [0.4, 0.5) is 0 Å². The number of hydrogen-bond donors (Lipinski definition) is 1. The lowest BCUT2D eigenvalue weighted by atomic mass is 10.1. The van der Waals surface area contributed by atoms with E-state index in [2.05, 4.69) is 70.0 Å². The highest BCUT2D eigenvalue weighted by Gasteiger charge is 2.16. The van der Waals surface area contributed by atoms with E-state index in [-0.39, 0.29) is 0 Å². The highest BCUT2D eigenvalue weighted by molar-refractivity contribution is 9.11. The molecule has 0 fully saturated rings. The lowest BCUT2D eigenvalue weighted by molar-refractivity contribution is 0.508. The highest BCUT2D eigenvalue weighted by Crippen LogP contribution is 2.29. The number of rotatable bonds is 7. The fraction of sp³-hybridized carbons (Fsp3) is 0.533. The van der Waals surface area contributed by atoms with Gasteiger partial charge in [-0.15, -0.1) is 11.3 Å². The normalized spacial score (nSPS) is 12.8. The molecule has 2 rings (SSSR count). The number of aryl methyl sites for hydroxylation is 2. The molecule has 0 spiro atoms. The van der Waals surface area contributed by atoms with Crippen LogP contribution < -0.4 is 5.32 Å². The van der Waals surface area contributed by atoms with Crippen molar-refractivity contribution in [2.45, 2.75) is 46.2 Å². The largest absolute Gasteiger partial charge is 0.309 e. The summed E-state index contributed by atoms with van der Waals surface area (Å²) in [4.78, 5) is 1.38. The molecule has 0 aliphatic rings. The number of aromatic nitrogens is 2. The molecular weight excluding hydrogens is 334 g/mol. The summed E-state index contributed by atoms with van der Waals surface area (Å²) in [6.07, 6.45) is 2.14. The van der Waals surface area contributed by atoms with Gasteiger partial charge in [-0.05, 0) is 60.9 Å². The van der Waals surface area contributed by atoms with Crippen molar-refractivity contribution in [2.24, 2.45) is 0 Å². The van der Waals surface area contributed by atoms with Gasteiger partial charge in [0, 0.05) is 29.6 Å². The monoisotopic (exact) mass is 355 g/mol. The Bertz CT molecular complexity index is 547. The van der Waals surface area contributed by atoms with Gasteiger partial charge in [-0.2, -0.15) is 5.10 Å².